The number of amides is 1. The summed E-state index contributed by atoms with van der Waals surface area (Å²) in [6.45, 7) is 0. The van der Waals surface area contributed by atoms with Crippen molar-refractivity contribution in [1.82, 2.24) is 0 Å². The number of carbonyl (C=O) groups excluding carboxylic acids is 2. The number of carbonyl (C=O) groups is 2. The Morgan fingerprint density at radius 2 is 1.32 bits per heavy atom. The predicted molar refractivity (Wildman–Crippen MR) is 81.2 cm³/mol. The molecular weight excluding hydrogens is 282 g/mol. The van der Waals surface area contributed by atoms with E-state index < -0.39 is 17.7 Å². The van der Waals surface area contributed by atoms with E-state index in [0.29, 0.717) is 17.2 Å². The highest BCUT2D eigenvalue weighted by Crippen LogP contribution is 2.37. The molecule has 0 unspecified atom stereocenters. The summed E-state index contributed by atoms with van der Waals surface area (Å²) in [5.74, 6) is 0.508. The molecule has 3 rings (SSSR count). The van der Waals surface area contributed by atoms with Gasteiger partial charge >= 0.3 is 0 Å². The largest absolute Gasteiger partial charge is 0.497 e. The van der Waals surface area contributed by atoms with E-state index in [4.69, 9.17) is 9.47 Å². The van der Waals surface area contributed by atoms with Gasteiger partial charge in [0.25, 0.3) is 5.91 Å². The van der Waals surface area contributed by atoms with Crippen molar-refractivity contribution >= 4 is 17.4 Å². The minimum absolute atomic E-state index is 0.402. The second-order valence-corrected chi connectivity index (χ2v) is 4.91. The predicted octanol–water partition coefficient (Wildman–Crippen LogP) is 2.36. The molecule has 0 aromatic heterocycles. The molecule has 0 bridgehead atoms. The fraction of sp³-hybridized carbons (Fsp3) is 0.176. The number of ketones is 1. The van der Waals surface area contributed by atoms with Crippen molar-refractivity contribution in [2.45, 2.75) is 6.04 Å². The molecule has 5 nitrogen and oxygen atoms in total. The van der Waals surface area contributed by atoms with Crippen LogP contribution in [0.1, 0.15) is 11.6 Å². The van der Waals surface area contributed by atoms with Crippen LogP contribution in [0.2, 0.25) is 0 Å². The highest BCUT2D eigenvalue weighted by atomic mass is 16.5. The lowest BCUT2D eigenvalue weighted by Gasteiger charge is -2.38. The van der Waals surface area contributed by atoms with Gasteiger partial charge in [-0.05, 0) is 42.0 Å². The van der Waals surface area contributed by atoms with E-state index in [1.165, 1.54) is 4.90 Å². The molecule has 2 aromatic carbocycles. The monoisotopic (exact) mass is 297 g/mol. The van der Waals surface area contributed by atoms with Crippen LogP contribution in [0.5, 0.6) is 11.5 Å². The van der Waals surface area contributed by atoms with Gasteiger partial charge in [0.1, 0.15) is 17.5 Å². The Hall–Kier alpha value is -2.82. The zero-order chi connectivity index (χ0) is 15.7. The normalized spacial score (nSPS) is 17.2. The van der Waals surface area contributed by atoms with Gasteiger partial charge < -0.3 is 9.47 Å². The van der Waals surface area contributed by atoms with E-state index in [9.17, 15) is 9.59 Å². The molecule has 1 fully saturated rings. The zero-order valence-corrected chi connectivity index (χ0v) is 12.3. The Balaban J connectivity index is 1.91. The number of benzene rings is 2. The van der Waals surface area contributed by atoms with Crippen LogP contribution in [0, 0.1) is 0 Å². The number of β-lactam (4-membered cyclic amide) rings is 1. The summed E-state index contributed by atoms with van der Waals surface area (Å²) in [5, 5.41) is 0. The minimum Gasteiger partial charge on any atom is -0.497 e. The fourth-order valence-electron chi connectivity index (χ4n) is 2.50. The standard InChI is InChI=1S/C17H15NO4/c1-21-13-7-3-11(4-8-13)15-16(19)17(20)18(15)12-5-9-14(22-2)10-6-12/h3-10,15H,1-2H3/t15-/m0/s1. The van der Waals surface area contributed by atoms with Crippen LogP contribution < -0.4 is 14.4 Å². The lowest BCUT2D eigenvalue weighted by molar-refractivity contribution is -0.143. The molecule has 0 N–H and O–H groups in total. The molecule has 1 atom stereocenters. The van der Waals surface area contributed by atoms with Gasteiger partial charge in [0.2, 0.25) is 5.78 Å². The molecule has 0 aliphatic carbocycles. The third-order valence-corrected chi connectivity index (χ3v) is 3.72. The summed E-state index contributed by atoms with van der Waals surface area (Å²) < 4.78 is 10.2. The first kappa shape index (κ1) is 14.1. The number of hydrogen-bond donors (Lipinski definition) is 0. The summed E-state index contributed by atoms with van der Waals surface area (Å²) >= 11 is 0. The topological polar surface area (TPSA) is 55.8 Å². The average molecular weight is 297 g/mol. The average Bonchev–Trinajstić information content (AvgIpc) is 2.59. The van der Waals surface area contributed by atoms with E-state index in [1.807, 2.05) is 0 Å². The third-order valence-electron chi connectivity index (χ3n) is 3.72. The zero-order valence-electron chi connectivity index (χ0n) is 12.3. The van der Waals surface area contributed by atoms with Gasteiger partial charge in [-0.25, -0.2) is 0 Å². The third kappa shape index (κ3) is 2.20. The van der Waals surface area contributed by atoms with Gasteiger partial charge in [0, 0.05) is 5.69 Å². The molecule has 0 radical (unpaired) electrons. The Morgan fingerprint density at radius 3 is 1.82 bits per heavy atom. The SMILES string of the molecule is COc1ccc([C@H]2C(=O)C(=O)N2c2ccc(OC)cc2)cc1. The van der Waals surface area contributed by atoms with E-state index in [2.05, 4.69) is 0 Å². The number of nitrogens with zero attached hydrogens (tertiary/aromatic N) is 1. The summed E-state index contributed by atoms with van der Waals surface area (Å²) in [6, 6.07) is 13.6. The van der Waals surface area contributed by atoms with Gasteiger partial charge in [-0.1, -0.05) is 12.1 Å². The molecule has 1 amide bonds. The minimum atomic E-state index is -0.577. The number of rotatable bonds is 4. The van der Waals surface area contributed by atoms with Gasteiger partial charge in [0.15, 0.2) is 0 Å². The smallest absolute Gasteiger partial charge is 0.297 e. The summed E-state index contributed by atoms with van der Waals surface area (Å²) in [4.78, 5) is 25.4. The Morgan fingerprint density at radius 1 is 0.818 bits per heavy atom. The molecule has 1 heterocycles. The van der Waals surface area contributed by atoms with Crippen LogP contribution in [0.4, 0.5) is 5.69 Å². The Bertz CT molecular complexity index is 643. The molecule has 5 heteroatoms. The fourth-order valence-corrected chi connectivity index (χ4v) is 2.50. The van der Waals surface area contributed by atoms with E-state index in [1.54, 1.807) is 62.8 Å². The summed E-state index contributed by atoms with van der Waals surface area (Å²) in [7, 11) is 3.16. The highest BCUT2D eigenvalue weighted by molar-refractivity contribution is 6.51. The Labute approximate surface area is 128 Å². The van der Waals surface area contributed by atoms with Crippen LogP contribution in [0.25, 0.3) is 0 Å². The van der Waals surface area contributed by atoms with Crippen molar-refractivity contribution in [3.05, 3.63) is 54.1 Å². The molecule has 0 saturated carbocycles. The molecule has 22 heavy (non-hydrogen) atoms. The molecule has 2 aromatic rings. The van der Waals surface area contributed by atoms with Crippen molar-refractivity contribution in [3.63, 3.8) is 0 Å². The molecule has 112 valence electrons. The van der Waals surface area contributed by atoms with Crippen LogP contribution in [-0.4, -0.2) is 25.9 Å². The van der Waals surface area contributed by atoms with E-state index in [-0.39, 0.29) is 0 Å². The van der Waals surface area contributed by atoms with Crippen molar-refractivity contribution in [3.8, 4) is 11.5 Å². The maximum atomic E-state index is 12.0. The maximum absolute atomic E-state index is 12.0. The summed E-state index contributed by atoms with van der Waals surface area (Å²) in [5.41, 5.74) is 1.44. The van der Waals surface area contributed by atoms with Crippen LogP contribution in [-0.2, 0) is 9.59 Å². The van der Waals surface area contributed by atoms with Crippen molar-refractivity contribution in [2.24, 2.45) is 0 Å². The summed E-state index contributed by atoms with van der Waals surface area (Å²) in [6.07, 6.45) is 0. The van der Waals surface area contributed by atoms with Crippen LogP contribution in [0.3, 0.4) is 0 Å². The number of methoxy groups -OCH3 is 2. The lowest BCUT2D eigenvalue weighted by Crippen LogP contribution is -2.56. The first-order valence-electron chi connectivity index (χ1n) is 6.81. The second-order valence-electron chi connectivity index (χ2n) is 4.91. The molecule has 1 aliphatic rings. The molecule has 1 saturated heterocycles. The molecular formula is C17H15NO4. The van der Waals surface area contributed by atoms with Crippen molar-refractivity contribution < 1.29 is 19.1 Å². The lowest BCUT2D eigenvalue weighted by atomic mass is 9.91. The molecule has 0 spiro atoms. The maximum Gasteiger partial charge on any atom is 0.297 e. The first-order valence-corrected chi connectivity index (χ1v) is 6.81. The van der Waals surface area contributed by atoms with Gasteiger partial charge in [-0.2, -0.15) is 0 Å². The number of Topliss-reactive ketones (excluding diaryl/α,β-unsaturated/α-hetero) is 1. The van der Waals surface area contributed by atoms with Gasteiger partial charge in [-0.3, -0.25) is 14.5 Å². The van der Waals surface area contributed by atoms with E-state index >= 15 is 0 Å². The second kappa shape index (κ2) is 5.52. The number of anilines is 1. The van der Waals surface area contributed by atoms with Crippen molar-refractivity contribution in [1.29, 1.82) is 0 Å². The highest BCUT2D eigenvalue weighted by Gasteiger charge is 2.47. The van der Waals surface area contributed by atoms with Crippen LogP contribution in [0.15, 0.2) is 48.5 Å². The number of hydrogen-bond acceptors (Lipinski definition) is 4. The Kier molecular flexibility index (Phi) is 3.55. The van der Waals surface area contributed by atoms with Gasteiger partial charge in [-0.15, -0.1) is 0 Å². The van der Waals surface area contributed by atoms with Gasteiger partial charge in [0.05, 0.1) is 14.2 Å². The molecule has 1 aliphatic heterocycles. The van der Waals surface area contributed by atoms with Crippen LogP contribution >= 0.6 is 0 Å². The quantitative estimate of drug-likeness (QED) is 0.642. The van der Waals surface area contributed by atoms with Crippen molar-refractivity contribution in [2.75, 3.05) is 19.1 Å². The first-order chi connectivity index (χ1) is 10.7. The van der Waals surface area contributed by atoms with E-state index in [0.717, 1.165) is 5.56 Å². The number of ether oxygens (including phenoxy) is 2.